The Bertz CT molecular complexity index is 397. The SMILES string of the molecule is CC(C)Oc1ccc(S(=O)(=O)O)cc1.[NaH]. The van der Waals surface area contributed by atoms with Crippen LogP contribution in [0.15, 0.2) is 29.2 Å². The van der Waals surface area contributed by atoms with E-state index in [1.165, 1.54) is 24.3 Å². The standard InChI is InChI=1S/C9H12O4S.Na.H/c1-7(2)13-8-3-5-9(6-4-8)14(10,11)12;;/h3-7H,1-2H3,(H,10,11,12);;. The van der Waals surface area contributed by atoms with Crippen molar-refractivity contribution in [2.45, 2.75) is 24.8 Å². The molecule has 0 amide bonds. The molecular weight excluding hydrogens is 227 g/mol. The van der Waals surface area contributed by atoms with Crippen molar-refractivity contribution in [3.63, 3.8) is 0 Å². The Morgan fingerprint density at radius 2 is 1.67 bits per heavy atom. The van der Waals surface area contributed by atoms with E-state index >= 15 is 0 Å². The van der Waals surface area contributed by atoms with E-state index in [1.54, 1.807) is 0 Å². The van der Waals surface area contributed by atoms with Gasteiger partial charge in [0, 0.05) is 0 Å². The predicted molar refractivity (Wildman–Crippen MR) is 59.2 cm³/mol. The van der Waals surface area contributed by atoms with E-state index < -0.39 is 10.1 Å². The molecule has 1 aromatic carbocycles. The average molecular weight is 240 g/mol. The molecule has 1 N–H and O–H groups in total. The van der Waals surface area contributed by atoms with Crippen LogP contribution >= 0.6 is 0 Å². The van der Waals surface area contributed by atoms with E-state index in [1.807, 2.05) is 13.8 Å². The van der Waals surface area contributed by atoms with Crippen molar-refractivity contribution in [3.8, 4) is 5.75 Å². The third kappa shape index (κ3) is 4.99. The summed E-state index contributed by atoms with van der Waals surface area (Å²) < 4.78 is 35.4. The van der Waals surface area contributed by atoms with Crippen LogP contribution < -0.4 is 4.74 Å². The molecule has 0 aliphatic rings. The van der Waals surface area contributed by atoms with Gasteiger partial charge in [0.1, 0.15) is 5.75 Å². The number of ether oxygens (including phenoxy) is 1. The molecule has 0 bridgehead atoms. The van der Waals surface area contributed by atoms with Crippen molar-refractivity contribution < 1.29 is 17.7 Å². The van der Waals surface area contributed by atoms with Gasteiger partial charge in [-0.3, -0.25) is 4.55 Å². The third-order valence-corrected chi connectivity index (χ3v) is 2.36. The summed E-state index contributed by atoms with van der Waals surface area (Å²) >= 11 is 0. The molecule has 0 unspecified atom stereocenters. The number of benzene rings is 1. The quantitative estimate of drug-likeness (QED) is 0.634. The molecule has 0 atom stereocenters. The minimum absolute atomic E-state index is 0. The summed E-state index contributed by atoms with van der Waals surface area (Å²) in [6.45, 7) is 3.74. The summed E-state index contributed by atoms with van der Waals surface area (Å²) in [5.41, 5.74) is 0. The molecule has 0 aliphatic heterocycles. The zero-order valence-electron chi connectivity index (χ0n) is 7.97. The van der Waals surface area contributed by atoms with Crippen molar-refractivity contribution in [1.82, 2.24) is 0 Å². The Labute approximate surface area is 112 Å². The maximum atomic E-state index is 10.7. The zero-order chi connectivity index (χ0) is 10.8. The van der Waals surface area contributed by atoms with Crippen LogP contribution in [0.25, 0.3) is 0 Å². The maximum absolute atomic E-state index is 10.7. The van der Waals surface area contributed by atoms with Gasteiger partial charge in [0.05, 0.1) is 11.0 Å². The molecule has 0 saturated carbocycles. The van der Waals surface area contributed by atoms with Gasteiger partial charge in [-0.15, -0.1) is 0 Å². The van der Waals surface area contributed by atoms with Crippen molar-refractivity contribution in [2.75, 3.05) is 0 Å². The van der Waals surface area contributed by atoms with Crippen LogP contribution in [0.5, 0.6) is 5.75 Å². The molecule has 1 aromatic rings. The van der Waals surface area contributed by atoms with Crippen LogP contribution in [0.1, 0.15) is 13.8 Å². The monoisotopic (exact) mass is 240 g/mol. The van der Waals surface area contributed by atoms with E-state index in [-0.39, 0.29) is 40.6 Å². The molecule has 0 heterocycles. The first kappa shape index (κ1) is 14.9. The number of rotatable bonds is 3. The summed E-state index contributed by atoms with van der Waals surface area (Å²) in [6.07, 6.45) is 0.0339. The van der Waals surface area contributed by atoms with E-state index in [0.29, 0.717) is 5.75 Å². The van der Waals surface area contributed by atoms with Gasteiger partial charge in [-0.25, -0.2) is 0 Å². The second kappa shape index (κ2) is 5.86. The van der Waals surface area contributed by atoms with E-state index in [0.717, 1.165) is 0 Å². The molecular formula is C9H13NaO4S. The first-order chi connectivity index (χ1) is 6.39. The number of hydrogen-bond donors (Lipinski definition) is 1. The van der Waals surface area contributed by atoms with Gasteiger partial charge >= 0.3 is 29.6 Å². The molecule has 0 aromatic heterocycles. The minimum atomic E-state index is -4.10. The van der Waals surface area contributed by atoms with Gasteiger partial charge in [-0.05, 0) is 38.1 Å². The second-order valence-electron chi connectivity index (χ2n) is 3.11. The molecule has 0 fully saturated rings. The van der Waals surface area contributed by atoms with Crippen LogP contribution in [0.3, 0.4) is 0 Å². The second-order valence-corrected chi connectivity index (χ2v) is 4.53. The first-order valence-corrected chi connectivity index (χ1v) is 5.58. The first-order valence-electron chi connectivity index (χ1n) is 4.14. The number of hydrogen-bond acceptors (Lipinski definition) is 3. The fourth-order valence-electron chi connectivity index (χ4n) is 0.962. The van der Waals surface area contributed by atoms with E-state index in [9.17, 15) is 8.42 Å². The molecule has 80 valence electrons. The fraction of sp³-hybridized carbons (Fsp3) is 0.333. The van der Waals surface area contributed by atoms with Gasteiger partial charge in [-0.2, -0.15) is 8.42 Å². The van der Waals surface area contributed by atoms with Crippen LogP contribution in [-0.2, 0) is 10.1 Å². The van der Waals surface area contributed by atoms with Gasteiger partial charge in [0.25, 0.3) is 10.1 Å². The molecule has 0 radical (unpaired) electrons. The molecule has 1 rings (SSSR count). The van der Waals surface area contributed by atoms with Gasteiger partial charge in [0.2, 0.25) is 0 Å². The van der Waals surface area contributed by atoms with Crippen molar-refractivity contribution >= 4 is 39.7 Å². The summed E-state index contributed by atoms with van der Waals surface area (Å²) in [5, 5.41) is 0. The van der Waals surface area contributed by atoms with Crippen molar-refractivity contribution in [2.24, 2.45) is 0 Å². The molecule has 4 nitrogen and oxygen atoms in total. The van der Waals surface area contributed by atoms with Gasteiger partial charge in [0.15, 0.2) is 0 Å². The Morgan fingerprint density at radius 3 is 2.00 bits per heavy atom. The summed E-state index contributed by atoms with van der Waals surface area (Å²) in [4.78, 5) is -0.131. The normalized spacial score (nSPS) is 10.9. The van der Waals surface area contributed by atoms with Crippen LogP contribution in [-0.4, -0.2) is 48.6 Å². The Balaban J connectivity index is 0.00000196. The Hall–Kier alpha value is -0.0700. The molecule has 0 saturated heterocycles. The van der Waals surface area contributed by atoms with Crippen molar-refractivity contribution in [1.29, 1.82) is 0 Å². The average Bonchev–Trinajstić information content (AvgIpc) is 2.02. The van der Waals surface area contributed by atoms with Crippen LogP contribution in [0.4, 0.5) is 0 Å². The third-order valence-electron chi connectivity index (χ3n) is 1.49. The summed E-state index contributed by atoms with van der Waals surface area (Å²) in [7, 11) is -4.10. The van der Waals surface area contributed by atoms with Crippen LogP contribution in [0.2, 0.25) is 0 Å². The fourth-order valence-corrected chi connectivity index (χ4v) is 1.44. The summed E-state index contributed by atoms with van der Waals surface area (Å²) in [5.74, 6) is 0.576. The molecule has 6 heteroatoms. The van der Waals surface area contributed by atoms with Crippen LogP contribution in [0, 0.1) is 0 Å². The van der Waals surface area contributed by atoms with E-state index in [4.69, 9.17) is 9.29 Å². The zero-order valence-corrected chi connectivity index (χ0v) is 8.78. The summed E-state index contributed by atoms with van der Waals surface area (Å²) in [6, 6.07) is 5.60. The molecule has 0 aliphatic carbocycles. The van der Waals surface area contributed by atoms with E-state index in [2.05, 4.69) is 0 Å². The Kier molecular flexibility index (Phi) is 5.84. The predicted octanol–water partition coefficient (Wildman–Crippen LogP) is 1.07. The molecule has 15 heavy (non-hydrogen) atoms. The topological polar surface area (TPSA) is 63.6 Å². The molecule has 0 spiro atoms. The van der Waals surface area contributed by atoms with Gasteiger partial charge in [-0.1, -0.05) is 0 Å². The van der Waals surface area contributed by atoms with Crippen molar-refractivity contribution in [3.05, 3.63) is 24.3 Å². The van der Waals surface area contributed by atoms with Gasteiger partial charge < -0.3 is 4.74 Å². The Morgan fingerprint density at radius 1 is 1.20 bits per heavy atom.